The Labute approximate surface area is 100 Å². The highest BCUT2D eigenvalue weighted by Gasteiger charge is 2.63. The fourth-order valence-electron chi connectivity index (χ4n) is 2.68. The van der Waals surface area contributed by atoms with Gasteiger partial charge in [0.1, 0.15) is 6.10 Å². The monoisotopic (exact) mass is 236 g/mol. The molecule has 0 aromatic heterocycles. The second-order valence-corrected chi connectivity index (χ2v) is 4.95. The highest BCUT2D eigenvalue weighted by atomic mass is 16.8. The predicted octanol–water partition coefficient (Wildman–Crippen LogP) is 1.38. The van der Waals surface area contributed by atoms with Crippen LogP contribution in [0, 0.1) is 0 Å². The second-order valence-electron chi connectivity index (χ2n) is 4.95. The van der Waals surface area contributed by atoms with Gasteiger partial charge in [-0.25, -0.2) is 0 Å². The van der Waals surface area contributed by atoms with Crippen LogP contribution in [0.5, 0.6) is 0 Å². The van der Waals surface area contributed by atoms with Gasteiger partial charge >= 0.3 is 0 Å². The van der Waals surface area contributed by atoms with Crippen molar-refractivity contribution < 1.29 is 19.3 Å². The minimum Gasteiger partial charge on any atom is -0.365 e. The molecule has 2 aliphatic heterocycles. The van der Waals surface area contributed by atoms with Gasteiger partial charge in [-0.05, 0) is 19.4 Å². The molecule has 92 valence electrons. The molecule has 3 rings (SSSR count). The summed E-state index contributed by atoms with van der Waals surface area (Å²) in [4.78, 5) is 0. The molecule has 1 N–H and O–H groups in total. The van der Waals surface area contributed by atoms with Crippen molar-refractivity contribution in [2.75, 3.05) is 6.61 Å². The maximum atomic E-state index is 10.1. The summed E-state index contributed by atoms with van der Waals surface area (Å²) in [6.07, 6.45) is -1.26. The number of hydrogen-bond acceptors (Lipinski definition) is 4. The Kier molecular flexibility index (Phi) is 2.32. The molecule has 0 radical (unpaired) electrons. The number of aliphatic hydroxyl groups excluding tert-OH is 1. The topological polar surface area (TPSA) is 47.9 Å². The van der Waals surface area contributed by atoms with E-state index in [1.54, 1.807) is 0 Å². The molecule has 4 nitrogen and oxygen atoms in total. The summed E-state index contributed by atoms with van der Waals surface area (Å²) < 4.78 is 17.0. The van der Waals surface area contributed by atoms with Gasteiger partial charge in [0.25, 0.3) is 0 Å². The first-order valence-corrected chi connectivity index (χ1v) is 5.78. The van der Waals surface area contributed by atoms with Crippen molar-refractivity contribution >= 4 is 0 Å². The summed E-state index contributed by atoms with van der Waals surface area (Å²) in [5, 5.41) is 10.1. The van der Waals surface area contributed by atoms with Crippen LogP contribution >= 0.6 is 0 Å². The lowest BCUT2D eigenvalue weighted by Gasteiger charge is -2.30. The number of fused-ring (bicyclic) bond motifs is 1. The van der Waals surface area contributed by atoms with E-state index in [0.717, 1.165) is 5.56 Å². The Morgan fingerprint density at radius 3 is 2.65 bits per heavy atom. The van der Waals surface area contributed by atoms with E-state index in [1.165, 1.54) is 0 Å². The summed E-state index contributed by atoms with van der Waals surface area (Å²) in [6.45, 7) is 4.05. The highest BCUT2D eigenvalue weighted by Crippen LogP contribution is 2.49. The first-order chi connectivity index (χ1) is 8.05. The van der Waals surface area contributed by atoms with Crippen LogP contribution in [0.15, 0.2) is 30.3 Å². The lowest BCUT2D eigenvalue weighted by molar-refractivity contribution is -0.240. The molecular weight excluding hydrogens is 220 g/mol. The molecule has 4 heteroatoms. The molecule has 0 bridgehead atoms. The van der Waals surface area contributed by atoms with Crippen LogP contribution in [-0.2, 0) is 19.8 Å². The van der Waals surface area contributed by atoms with Crippen molar-refractivity contribution in [1.29, 1.82) is 0 Å². The average Bonchev–Trinajstić information content (AvgIpc) is 2.74. The zero-order valence-corrected chi connectivity index (χ0v) is 9.92. The molecule has 0 aliphatic carbocycles. The van der Waals surface area contributed by atoms with E-state index < -0.39 is 17.7 Å². The van der Waals surface area contributed by atoms with E-state index in [-0.39, 0.29) is 6.10 Å². The fourth-order valence-corrected chi connectivity index (χ4v) is 2.68. The average molecular weight is 236 g/mol. The van der Waals surface area contributed by atoms with E-state index in [0.29, 0.717) is 6.61 Å². The normalized spacial score (nSPS) is 39.2. The molecule has 17 heavy (non-hydrogen) atoms. The Hall–Kier alpha value is -0.940. The molecule has 0 saturated carbocycles. The van der Waals surface area contributed by atoms with Crippen LogP contribution in [0.4, 0.5) is 0 Å². The van der Waals surface area contributed by atoms with Crippen molar-refractivity contribution in [3.63, 3.8) is 0 Å². The van der Waals surface area contributed by atoms with Crippen molar-refractivity contribution in [2.45, 2.75) is 37.6 Å². The van der Waals surface area contributed by atoms with Gasteiger partial charge in [-0.1, -0.05) is 30.3 Å². The first kappa shape index (κ1) is 11.2. The molecular formula is C13H16O4. The summed E-state index contributed by atoms with van der Waals surface area (Å²) in [5.41, 5.74) is -0.00863. The lowest BCUT2D eigenvalue weighted by Crippen LogP contribution is -2.43. The first-order valence-electron chi connectivity index (χ1n) is 5.78. The van der Waals surface area contributed by atoms with E-state index in [1.807, 2.05) is 44.2 Å². The van der Waals surface area contributed by atoms with Gasteiger partial charge in [0.2, 0.25) is 0 Å². The quantitative estimate of drug-likeness (QED) is 0.800. The van der Waals surface area contributed by atoms with E-state index >= 15 is 0 Å². The van der Waals surface area contributed by atoms with Crippen molar-refractivity contribution in [3.05, 3.63) is 35.9 Å². The molecule has 1 aromatic carbocycles. The SMILES string of the molecule is CC1(C)O[C@@H]2COC(O)[C@]2(c2ccccc2)O1. The van der Waals surface area contributed by atoms with Crippen LogP contribution in [0.2, 0.25) is 0 Å². The van der Waals surface area contributed by atoms with Crippen molar-refractivity contribution in [2.24, 2.45) is 0 Å². The van der Waals surface area contributed by atoms with Crippen molar-refractivity contribution in [3.8, 4) is 0 Å². The summed E-state index contributed by atoms with van der Waals surface area (Å²) >= 11 is 0. The fraction of sp³-hybridized carbons (Fsp3) is 0.538. The third-order valence-electron chi connectivity index (χ3n) is 3.32. The maximum Gasteiger partial charge on any atom is 0.191 e. The zero-order chi connectivity index (χ0) is 12.1. The van der Waals surface area contributed by atoms with Gasteiger partial charge in [0, 0.05) is 0 Å². The molecule has 2 heterocycles. The molecule has 2 aliphatic rings. The minimum absolute atomic E-state index is 0.269. The molecule has 2 fully saturated rings. The Balaban J connectivity index is 2.08. The highest BCUT2D eigenvalue weighted by molar-refractivity contribution is 5.28. The van der Waals surface area contributed by atoms with Gasteiger partial charge in [0.15, 0.2) is 17.7 Å². The summed E-state index contributed by atoms with van der Waals surface area (Å²) in [5.74, 6) is -0.703. The lowest BCUT2D eigenvalue weighted by atomic mass is 9.89. The summed E-state index contributed by atoms with van der Waals surface area (Å²) in [6, 6.07) is 9.62. The third kappa shape index (κ3) is 1.52. The number of hydrogen-bond donors (Lipinski definition) is 1. The molecule has 1 aromatic rings. The predicted molar refractivity (Wildman–Crippen MR) is 60.1 cm³/mol. The van der Waals surface area contributed by atoms with E-state index in [4.69, 9.17) is 14.2 Å². The minimum atomic E-state index is -0.989. The molecule has 0 spiro atoms. The number of ether oxygens (including phenoxy) is 3. The van der Waals surface area contributed by atoms with Crippen LogP contribution in [0.25, 0.3) is 0 Å². The number of aliphatic hydroxyl groups is 1. The Bertz CT molecular complexity index is 417. The number of rotatable bonds is 1. The van der Waals surface area contributed by atoms with Crippen LogP contribution < -0.4 is 0 Å². The van der Waals surface area contributed by atoms with Crippen LogP contribution in [0.1, 0.15) is 19.4 Å². The number of benzene rings is 1. The molecule has 3 atom stereocenters. The second kappa shape index (κ2) is 3.53. The van der Waals surface area contributed by atoms with Crippen LogP contribution in [0.3, 0.4) is 0 Å². The van der Waals surface area contributed by atoms with E-state index in [9.17, 15) is 5.11 Å². The van der Waals surface area contributed by atoms with Gasteiger partial charge in [-0.3, -0.25) is 0 Å². The van der Waals surface area contributed by atoms with Gasteiger partial charge in [-0.15, -0.1) is 0 Å². The molecule has 1 unspecified atom stereocenters. The van der Waals surface area contributed by atoms with Gasteiger partial charge in [0.05, 0.1) is 6.61 Å². The standard InChI is InChI=1S/C13H16O4/c1-12(2)16-10-8-15-11(14)13(10,17-12)9-6-4-3-5-7-9/h3-7,10-11,14H,8H2,1-2H3/t10-,11?,13-/m1/s1. The smallest absolute Gasteiger partial charge is 0.191 e. The molecule has 2 saturated heterocycles. The Morgan fingerprint density at radius 1 is 1.24 bits per heavy atom. The zero-order valence-electron chi connectivity index (χ0n) is 9.92. The van der Waals surface area contributed by atoms with E-state index in [2.05, 4.69) is 0 Å². The largest absolute Gasteiger partial charge is 0.365 e. The Morgan fingerprint density at radius 2 is 1.94 bits per heavy atom. The van der Waals surface area contributed by atoms with Crippen LogP contribution in [-0.4, -0.2) is 29.9 Å². The molecule has 0 amide bonds. The summed E-state index contributed by atoms with van der Waals surface area (Å²) in [7, 11) is 0. The van der Waals surface area contributed by atoms with Gasteiger partial charge < -0.3 is 19.3 Å². The third-order valence-corrected chi connectivity index (χ3v) is 3.32. The maximum absolute atomic E-state index is 10.1. The van der Waals surface area contributed by atoms with Crippen molar-refractivity contribution in [1.82, 2.24) is 0 Å². The van der Waals surface area contributed by atoms with Gasteiger partial charge in [-0.2, -0.15) is 0 Å².